The zero-order valence-corrected chi connectivity index (χ0v) is 18.8. The topological polar surface area (TPSA) is 105 Å². The number of fused-ring (bicyclic) bond motifs is 3. The number of urea groups is 1. The van der Waals surface area contributed by atoms with Crippen molar-refractivity contribution in [3.8, 4) is 0 Å². The summed E-state index contributed by atoms with van der Waals surface area (Å²) in [5.74, 6) is 0.687. The van der Waals surface area contributed by atoms with Crippen molar-refractivity contribution in [3.63, 3.8) is 0 Å². The summed E-state index contributed by atoms with van der Waals surface area (Å²) in [7, 11) is 1.74. The Hall–Kier alpha value is -3.17. The number of nitrogens with one attached hydrogen (secondary N) is 1. The highest BCUT2D eigenvalue weighted by atomic mass is 16.2. The van der Waals surface area contributed by atoms with Crippen molar-refractivity contribution in [1.82, 2.24) is 34.4 Å². The molecule has 1 N–H and O–H groups in total. The lowest BCUT2D eigenvalue weighted by Gasteiger charge is -2.30. The van der Waals surface area contributed by atoms with Gasteiger partial charge in [-0.15, -0.1) is 0 Å². The van der Waals surface area contributed by atoms with Gasteiger partial charge in [0.2, 0.25) is 0 Å². The van der Waals surface area contributed by atoms with Crippen molar-refractivity contribution in [2.75, 3.05) is 19.6 Å². The van der Waals surface area contributed by atoms with Gasteiger partial charge in [-0.05, 0) is 32.8 Å². The molecule has 1 fully saturated rings. The summed E-state index contributed by atoms with van der Waals surface area (Å²) in [5.41, 5.74) is 1.60. The number of nitrogens with zero attached hydrogens (tertiary/aromatic N) is 6. The van der Waals surface area contributed by atoms with Gasteiger partial charge in [-0.3, -0.25) is 18.8 Å². The minimum Gasteiger partial charge on any atom is -0.336 e. The average Bonchev–Trinajstić information content (AvgIpc) is 3.47. The number of aromatic nitrogens is 4. The summed E-state index contributed by atoms with van der Waals surface area (Å²) in [5, 5.41) is 7.04. The lowest BCUT2D eigenvalue weighted by molar-refractivity contribution is 0.0720. The first kappa shape index (κ1) is 20.7. The van der Waals surface area contributed by atoms with Crippen molar-refractivity contribution < 1.29 is 9.59 Å². The van der Waals surface area contributed by atoms with Gasteiger partial charge >= 0.3 is 6.03 Å². The van der Waals surface area contributed by atoms with E-state index in [2.05, 4.69) is 10.4 Å². The Labute approximate surface area is 186 Å². The van der Waals surface area contributed by atoms with Gasteiger partial charge in [0.1, 0.15) is 11.5 Å². The molecular formula is C22H29N7O3. The summed E-state index contributed by atoms with van der Waals surface area (Å²) in [6.45, 7) is 6.53. The molecule has 1 spiro atoms. The zero-order valence-electron chi connectivity index (χ0n) is 18.8. The van der Waals surface area contributed by atoms with Crippen molar-refractivity contribution in [2.24, 2.45) is 7.05 Å². The summed E-state index contributed by atoms with van der Waals surface area (Å²) in [6.07, 6.45) is 3.77. The van der Waals surface area contributed by atoms with Crippen LogP contribution in [-0.2, 0) is 32.0 Å². The Balaban J connectivity index is 1.41. The molecule has 1 unspecified atom stereocenters. The molecule has 3 aliphatic heterocycles. The largest absolute Gasteiger partial charge is 0.336 e. The van der Waals surface area contributed by atoms with E-state index in [0.717, 1.165) is 24.4 Å². The molecular weight excluding hydrogens is 410 g/mol. The summed E-state index contributed by atoms with van der Waals surface area (Å²) in [6, 6.07) is 1.72. The third-order valence-corrected chi connectivity index (χ3v) is 6.98. The number of rotatable bonds is 2. The fourth-order valence-electron chi connectivity index (χ4n) is 5.25. The molecule has 32 heavy (non-hydrogen) atoms. The SMILES string of the molecule is CC(C)NC(=O)N1CCC2(CCn3c2nc2c(c3=O)CN(C(=O)c3ccnn3C)CC2)C1. The van der Waals surface area contributed by atoms with Crippen molar-refractivity contribution in [2.45, 2.75) is 57.7 Å². The first-order chi connectivity index (χ1) is 15.3. The quantitative estimate of drug-likeness (QED) is 0.739. The van der Waals surface area contributed by atoms with Crippen molar-refractivity contribution in [3.05, 3.63) is 45.4 Å². The van der Waals surface area contributed by atoms with E-state index in [4.69, 9.17) is 4.98 Å². The third-order valence-electron chi connectivity index (χ3n) is 6.98. The Bertz CT molecular complexity index is 1150. The van der Waals surface area contributed by atoms with Crippen LogP contribution < -0.4 is 10.9 Å². The second kappa shape index (κ2) is 7.46. The van der Waals surface area contributed by atoms with Crippen LogP contribution in [-0.4, -0.2) is 66.7 Å². The van der Waals surface area contributed by atoms with Crippen LogP contribution in [0, 0.1) is 0 Å². The number of hydrogen-bond donors (Lipinski definition) is 1. The summed E-state index contributed by atoms with van der Waals surface area (Å²) < 4.78 is 3.33. The molecule has 1 atom stereocenters. The van der Waals surface area contributed by atoms with E-state index in [1.807, 2.05) is 18.7 Å². The van der Waals surface area contributed by atoms with Gasteiger partial charge in [0.05, 0.1) is 17.8 Å². The highest BCUT2D eigenvalue weighted by Gasteiger charge is 2.48. The maximum atomic E-state index is 13.4. The monoisotopic (exact) mass is 439 g/mol. The Kier molecular flexibility index (Phi) is 4.83. The van der Waals surface area contributed by atoms with Crippen LogP contribution in [0.15, 0.2) is 17.1 Å². The van der Waals surface area contributed by atoms with Crippen LogP contribution in [0.4, 0.5) is 4.79 Å². The number of likely N-dealkylation sites (tertiary alicyclic amines) is 1. The van der Waals surface area contributed by atoms with Crippen LogP contribution >= 0.6 is 0 Å². The number of hydrogen-bond acceptors (Lipinski definition) is 5. The van der Waals surface area contributed by atoms with Gasteiger partial charge in [-0.2, -0.15) is 5.10 Å². The molecule has 5 heterocycles. The van der Waals surface area contributed by atoms with Gasteiger partial charge in [0, 0.05) is 57.3 Å². The molecule has 10 heteroatoms. The molecule has 0 bridgehead atoms. The minimum absolute atomic E-state index is 0.0468. The molecule has 170 valence electrons. The van der Waals surface area contributed by atoms with Crippen molar-refractivity contribution >= 4 is 11.9 Å². The van der Waals surface area contributed by atoms with E-state index in [1.165, 1.54) is 0 Å². The lowest BCUT2D eigenvalue weighted by Crippen LogP contribution is -2.44. The van der Waals surface area contributed by atoms with Crippen LogP contribution in [0.1, 0.15) is 54.3 Å². The molecule has 3 aliphatic rings. The molecule has 2 aromatic rings. The third kappa shape index (κ3) is 3.20. The van der Waals surface area contributed by atoms with E-state index in [0.29, 0.717) is 43.9 Å². The van der Waals surface area contributed by atoms with Gasteiger partial charge in [0.15, 0.2) is 0 Å². The smallest absolute Gasteiger partial charge is 0.317 e. The molecule has 5 rings (SSSR count). The second-order valence-electron chi connectivity index (χ2n) is 9.44. The fraction of sp³-hybridized carbons (Fsp3) is 0.591. The molecule has 0 aromatic carbocycles. The zero-order chi connectivity index (χ0) is 22.6. The standard InChI is InChI=1S/C22H29N7O3/c1-14(2)24-21(32)28-10-6-22(13-28)7-11-29-18(30)15-12-27(9-5-16(15)25-20(22)29)19(31)17-4-8-23-26(17)3/h4,8,14H,5-7,9-13H2,1-3H3,(H,24,32). The van der Waals surface area contributed by atoms with Gasteiger partial charge < -0.3 is 15.1 Å². The highest BCUT2D eigenvalue weighted by Crippen LogP contribution is 2.41. The van der Waals surface area contributed by atoms with E-state index >= 15 is 0 Å². The maximum absolute atomic E-state index is 13.4. The number of carbonyl (C=O) groups excluding carboxylic acids is 2. The molecule has 0 aliphatic carbocycles. The van der Waals surface area contributed by atoms with E-state index in [9.17, 15) is 14.4 Å². The van der Waals surface area contributed by atoms with E-state index in [1.54, 1.807) is 33.5 Å². The van der Waals surface area contributed by atoms with Crippen molar-refractivity contribution in [1.29, 1.82) is 0 Å². The molecule has 10 nitrogen and oxygen atoms in total. The minimum atomic E-state index is -0.260. The highest BCUT2D eigenvalue weighted by molar-refractivity contribution is 5.92. The Morgan fingerprint density at radius 2 is 1.94 bits per heavy atom. The second-order valence-corrected chi connectivity index (χ2v) is 9.44. The maximum Gasteiger partial charge on any atom is 0.317 e. The number of amides is 3. The number of aryl methyl sites for hydroxylation is 1. The van der Waals surface area contributed by atoms with Crippen LogP contribution in [0.2, 0.25) is 0 Å². The van der Waals surface area contributed by atoms with Crippen LogP contribution in [0.25, 0.3) is 0 Å². The Morgan fingerprint density at radius 1 is 1.16 bits per heavy atom. The molecule has 0 radical (unpaired) electrons. The van der Waals surface area contributed by atoms with Gasteiger partial charge in [-0.25, -0.2) is 9.78 Å². The van der Waals surface area contributed by atoms with Gasteiger partial charge in [0.25, 0.3) is 11.5 Å². The lowest BCUT2D eigenvalue weighted by atomic mass is 9.85. The normalized spacial score (nSPS) is 21.9. The summed E-state index contributed by atoms with van der Waals surface area (Å²) in [4.78, 5) is 47.3. The molecule has 3 amide bonds. The molecule has 0 saturated carbocycles. The van der Waals surface area contributed by atoms with Gasteiger partial charge in [-0.1, -0.05) is 0 Å². The molecule has 1 saturated heterocycles. The van der Waals surface area contributed by atoms with Crippen LogP contribution in [0.3, 0.4) is 0 Å². The predicted octanol–water partition coefficient (Wildman–Crippen LogP) is 0.641. The van der Waals surface area contributed by atoms with E-state index < -0.39 is 0 Å². The van der Waals surface area contributed by atoms with Crippen LogP contribution in [0.5, 0.6) is 0 Å². The average molecular weight is 440 g/mol. The first-order valence-electron chi connectivity index (χ1n) is 11.2. The first-order valence-corrected chi connectivity index (χ1v) is 11.2. The number of carbonyl (C=O) groups is 2. The van der Waals surface area contributed by atoms with E-state index in [-0.39, 0.29) is 35.5 Å². The Morgan fingerprint density at radius 3 is 2.66 bits per heavy atom. The predicted molar refractivity (Wildman–Crippen MR) is 116 cm³/mol. The fourth-order valence-corrected chi connectivity index (χ4v) is 5.25. The molecule has 2 aromatic heterocycles. The summed E-state index contributed by atoms with van der Waals surface area (Å²) >= 11 is 0.